The number of nitrogens with zero attached hydrogens (tertiary/aromatic N) is 3. The number of halogens is 1. The van der Waals surface area contributed by atoms with Crippen molar-refractivity contribution in [2.45, 2.75) is 30.9 Å². The van der Waals surface area contributed by atoms with Gasteiger partial charge in [-0.3, -0.25) is 4.79 Å². The molecule has 3 atom stereocenters. The first-order chi connectivity index (χ1) is 15.2. The molecule has 3 rings (SSSR count). The van der Waals surface area contributed by atoms with Crippen molar-refractivity contribution in [2.24, 2.45) is 5.92 Å². The van der Waals surface area contributed by atoms with Crippen LogP contribution < -0.4 is 10.1 Å². The Kier molecular flexibility index (Phi) is 7.57. The average molecular weight is 463 g/mol. The number of fused-ring (bicyclic) bond motifs is 1. The number of anilines is 1. The second-order valence-electron chi connectivity index (χ2n) is 7.99. The van der Waals surface area contributed by atoms with E-state index in [-0.39, 0.29) is 48.3 Å². The van der Waals surface area contributed by atoms with Crippen LogP contribution in [-0.2, 0) is 0 Å². The van der Waals surface area contributed by atoms with Gasteiger partial charge in [-0.15, -0.1) is 12.6 Å². The molecule has 1 aliphatic rings. The normalized spacial score (nSPS) is 19.3. The molecule has 0 saturated carbocycles. The molecule has 2 N–H and O–H groups in total. The maximum atomic E-state index is 13.1. The summed E-state index contributed by atoms with van der Waals surface area (Å²) in [5, 5.41) is 12.4. The Balaban J connectivity index is 1.81. The summed E-state index contributed by atoms with van der Waals surface area (Å²) in [4.78, 5) is 33.5. The fraction of sp³-hybridized carbons (Fsp3) is 0.409. The standard InChI is InChI=1S/C22H27FN4O4S/c1-13-10-27(14(2)12-28)21(29)18-8-17(32)9-24-20(18)31-19(13)11-26(3)22(30)25-16-6-4-15(23)5-7-16/h4-9,13-14,19,28,32H,10-12H2,1-3H3,(H,25,30)/t13-,14+,19-/m0/s1. The van der Waals surface area contributed by atoms with Crippen LogP contribution >= 0.6 is 12.6 Å². The molecule has 0 saturated heterocycles. The Morgan fingerprint density at radius 2 is 2.12 bits per heavy atom. The predicted molar refractivity (Wildman–Crippen MR) is 121 cm³/mol. The molecule has 32 heavy (non-hydrogen) atoms. The summed E-state index contributed by atoms with van der Waals surface area (Å²) in [6, 6.07) is 6.28. The van der Waals surface area contributed by atoms with E-state index < -0.39 is 12.1 Å². The lowest BCUT2D eigenvalue weighted by atomic mass is 10.0. The predicted octanol–water partition coefficient (Wildman–Crippen LogP) is 2.89. The number of aromatic nitrogens is 1. The molecule has 0 aliphatic carbocycles. The summed E-state index contributed by atoms with van der Waals surface area (Å²) in [6.07, 6.45) is 1.01. The second-order valence-corrected chi connectivity index (χ2v) is 8.50. The number of pyridine rings is 1. The molecule has 0 unspecified atom stereocenters. The molecule has 0 fully saturated rings. The van der Waals surface area contributed by atoms with Crippen LogP contribution in [0.1, 0.15) is 24.2 Å². The Morgan fingerprint density at radius 1 is 1.44 bits per heavy atom. The van der Waals surface area contributed by atoms with Crippen molar-refractivity contribution in [3.63, 3.8) is 0 Å². The third-order valence-electron chi connectivity index (χ3n) is 5.40. The first-order valence-electron chi connectivity index (χ1n) is 10.2. The van der Waals surface area contributed by atoms with E-state index in [4.69, 9.17) is 4.74 Å². The number of benzene rings is 1. The highest BCUT2D eigenvalue weighted by Crippen LogP contribution is 2.28. The van der Waals surface area contributed by atoms with Crippen LogP contribution in [-0.4, -0.2) is 70.7 Å². The fourth-order valence-corrected chi connectivity index (χ4v) is 3.60. The fourth-order valence-electron chi connectivity index (χ4n) is 3.41. The molecule has 1 aromatic heterocycles. The third-order valence-corrected chi connectivity index (χ3v) is 5.65. The van der Waals surface area contributed by atoms with Crippen molar-refractivity contribution < 1.29 is 23.8 Å². The topological polar surface area (TPSA) is 95.0 Å². The van der Waals surface area contributed by atoms with E-state index in [1.54, 1.807) is 24.9 Å². The molecule has 1 aromatic carbocycles. The van der Waals surface area contributed by atoms with Gasteiger partial charge in [0.05, 0.1) is 19.2 Å². The van der Waals surface area contributed by atoms with Gasteiger partial charge < -0.3 is 25.0 Å². The smallest absolute Gasteiger partial charge is 0.321 e. The molecular weight excluding hydrogens is 435 g/mol. The van der Waals surface area contributed by atoms with Crippen molar-refractivity contribution in [3.8, 4) is 5.88 Å². The Hall–Kier alpha value is -2.85. The monoisotopic (exact) mass is 462 g/mol. The zero-order valence-electron chi connectivity index (χ0n) is 18.2. The largest absolute Gasteiger partial charge is 0.472 e. The molecule has 2 heterocycles. The van der Waals surface area contributed by atoms with Gasteiger partial charge in [0.15, 0.2) is 0 Å². The minimum atomic E-state index is -0.475. The molecule has 0 spiro atoms. The summed E-state index contributed by atoms with van der Waals surface area (Å²) < 4.78 is 19.2. The number of carbonyl (C=O) groups excluding carboxylic acids is 2. The van der Waals surface area contributed by atoms with E-state index in [0.29, 0.717) is 17.1 Å². The first-order valence-corrected chi connectivity index (χ1v) is 10.7. The minimum absolute atomic E-state index is 0.159. The number of hydrogen-bond donors (Lipinski definition) is 3. The number of aliphatic hydroxyl groups excluding tert-OH is 1. The van der Waals surface area contributed by atoms with Crippen molar-refractivity contribution in [3.05, 3.63) is 47.9 Å². The second kappa shape index (κ2) is 10.2. The first kappa shape index (κ1) is 23.8. The molecule has 172 valence electrons. The van der Waals surface area contributed by atoms with Gasteiger partial charge in [0.1, 0.15) is 17.5 Å². The van der Waals surface area contributed by atoms with Crippen LogP contribution in [0, 0.1) is 11.7 Å². The Morgan fingerprint density at radius 3 is 2.78 bits per heavy atom. The van der Waals surface area contributed by atoms with Gasteiger partial charge in [-0.05, 0) is 37.3 Å². The number of hydrogen-bond acceptors (Lipinski definition) is 6. The maximum Gasteiger partial charge on any atom is 0.321 e. The number of rotatable bonds is 5. The van der Waals surface area contributed by atoms with Crippen molar-refractivity contribution in [1.82, 2.24) is 14.8 Å². The number of ether oxygens (including phenoxy) is 1. The van der Waals surface area contributed by atoms with E-state index >= 15 is 0 Å². The summed E-state index contributed by atoms with van der Waals surface area (Å²) >= 11 is 4.28. The van der Waals surface area contributed by atoms with Gasteiger partial charge in [0.25, 0.3) is 5.91 Å². The average Bonchev–Trinajstić information content (AvgIpc) is 2.77. The third kappa shape index (κ3) is 5.49. The van der Waals surface area contributed by atoms with Gasteiger partial charge in [0, 0.05) is 36.3 Å². The van der Waals surface area contributed by atoms with E-state index in [9.17, 15) is 19.1 Å². The molecule has 0 bridgehead atoms. The Labute approximate surface area is 191 Å². The van der Waals surface area contributed by atoms with Gasteiger partial charge in [-0.1, -0.05) is 6.92 Å². The highest BCUT2D eigenvalue weighted by Gasteiger charge is 2.34. The van der Waals surface area contributed by atoms with Crippen LogP contribution in [0.25, 0.3) is 0 Å². The SMILES string of the molecule is C[C@H](CO)N1C[C@H](C)[C@H](CN(C)C(=O)Nc2ccc(F)cc2)Oc2ncc(S)cc2C1=O. The number of urea groups is 1. The number of amides is 3. The number of carbonyl (C=O) groups is 2. The molecule has 8 nitrogen and oxygen atoms in total. The molecule has 3 amide bonds. The van der Waals surface area contributed by atoms with E-state index in [0.717, 1.165) is 0 Å². The molecule has 0 radical (unpaired) electrons. The lowest BCUT2D eigenvalue weighted by Gasteiger charge is -2.37. The zero-order valence-corrected chi connectivity index (χ0v) is 19.1. The van der Waals surface area contributed by atoms with Crippen LogP contribution in [0.15, 0.2) is 41.4 Å². The molecule has 1 aliphatic heterocycles. The minimum Gasteiger partial charge on any atom is -0.472 e. The highest BCUT2D eigenvalue weighted by atomic mass is 32.1. The summed E-state index contributed by atoms with van der Waals surface area (Å²) in [5.41, 5.74) is 0.727. The van der Waals surface area contributed by atoms with Gasteiger partial charge in [-0.25, -0.2) is 14.2 Å². The maximum absolute atomic E-state index is 13.1. The van der Waals surface area contributed by atoms with Crippen molar-refractivity contribution in [2.75, 3.05) is 32.1 Å². The number of nitrogens with one attached hydrogen (secondary N) is 1. The van der Waals surface area contributed by atoms with Gasteiger partial charge >= 0.3 is 6.03 Å². The summed E-state index contributed by atoms with van der Waals surface area (Å²) in [5.74, 6) is -0.691. The quantitative estimate of drug-likeness (QED) is 0.594. The van der Waals surface area contributed by atoms with Gasteiger partial charge in [-0.2, -0.15) is 0 Å². The summed E-state index contributed by atoms with van der Waals surface area (Å²) in [6.45, 7) is 4.04. The molecular formula is C22H27FN4O4S. The lowest BCUT2D eigenvalue weighted by Crippen LogP contribution is -2.50. The summed E-state index contributed by atoms with van der Waals surface area (Å²) in [7, 11) is 1.62. The van der Waals surface area contributed by atoms with Crippen LogP contribution in [0.3, 0.4) is 0 Å². The Bertz CT molecular complexity index is 975. The molecule has 10 heteroatoms. The molecule has 2 aromatic rings. The van der Waals surface area contributed by atoms with Crippen molar-refractivity contribution >= 4 is 30.3 Å². The number of likely N-dealkylation sites (N-methyl/N-ethyl adjacent to an activating group) is 1. The number of aliphatic hydroxyl groups is 1. The van der Waals surface area contributed by atoms with E-state index in [2.05, 4.69) is 22.9 Å². The van der Waals surface area contributed by atoms with Crippen LogP contribution in [0.5, 0.6) is 5.88 Å². The zero-order chi connectivity index (χ0) is 23.4. The van der Waals surface area contributed by atoms with Crippen molar-refractivity contribution in [1.29, 1.82) is 0 Å². The van der Waals surface area contributed by atoms with Gasteiger partial charge in [0.2, 0.25) is 5.88 Å². The van der Waals surface area contributed by atoms with Crippen LogP contribution in [0.2, 0.25) is 0 Å². The van der Waals surface area contributed by atoms with E-state index in [1.165, 1.54) is 35.4 Å². The van der Waals surface area contributed by atoms with E-state index in [1.807, 2.05) is 6.92 Å². The number of thiol groups is 1. The highest BCUT2D eigenvalue weighted by molar-refractivity contribution is 7.80. The lowest BCUT2D eigenvalue weighted by molar-refractivity contribution is 0.0355. The van der Waals surface area contributed by atoms with Crippen LogP contribution in [0.4, 0.5) is 14.9 Å².